The van der Waals surface area contributed by atoms with Crippen LogP contribution in [0.3, 0.4) is 0 Å². The lowest BCUT2D eigenvalue weighted by atomic mass is 9.91. The molecule has 1 N–H and O–H groups in total. The third-order valence-electron chi connectivity index (χ3n) is 2.73. The molecule has 2 nitrogen and oxygen atoms in total. The van der Waals surface area contributed by atoms with Crippen LogP contribution in [0, 0.1) is 0 Å². The first-order valence-electron chi connectivity index (χ1n) is 5.23. The summed E-state index contributed by atoms with van der Waals surface area (Å²) in [6.07, 6.45) is -3.32. The van der Waals surface area contributed by atoms with Gasteiger partial charge in [-0.25, -0.2) is 0 Å². The molecule has 1 unspecified atom stereocenters. The van der Waals surface area contributed by atoms with E-state index >= 15 is 0 Å². The van der Waals surface area contributed by atoms with Gasteiger partial charge in [-0.05, 0) is 26.7 Å². The van der Waals surface area contributed by atoms with Crippen LogP contribution in [-0.2, 0) is 4.74 Å². The van der Waals surface area contributed by atoms with Gasteiger partial charge in [0.1, 0.15) is 0 Å². The SMILES string of the molecule is CC(CC(F)(F)F)NC1(C)CCOCC1. The van der Waals surface area contributed by atoms with Crippen molar-refractivity contribution in [1.82, 2.24) is 5.32 Å². The predicted molar refractivity (Wildman–Crippen MR) is 51.7 cm³/mol. The molecule has 0 spiro atoms. The molecule has 1 atom stereocenters. The molecule has 0 aliphatic carbocycles. The quantitative estimate of drug-likeness (QED) is 0.796. The lowest BCUT2D eigenvalue weighted by molar-refractivity contribution is -0.140. The normalized spacial score (nSPS) is 23.8. The third-order valence-corrected chi connectivity index (χ3v) is 2.73. The molecular weight excluding hydrogens is 207 g/mol. The van der Waals surface area contributed by atoms with Gasteiger partial charge in [0, 0.05) is 24.8 Å². The van der Waals surface area contributed by atoms with Gasteiger partial charge in [-0.15, -0.1) is 0 Å². The molecule has 90 valence electrons. The minimum absolute atomic E-state index is 0.205. The molecule has 0 aromatic carbocycles. The summed E-state index contributed by atoms with van der Waals surface area (Å²) in [7, 11) is 0. The van der Waals surface area contributed by atoms with Gasteiger partial charge in [0.2, 0.25) is 0 Å². The summed E-state index contributed by atoms with van der Waals surface area (Å²) < 4.78 is 41.5. The van der Waals surface area contributed by atoms with E-state index in [4.69, 9.17) is 4.74 Å². The first-order valence-corrected chi connectivity index (χ1v) is 5.23. The second kappa shape index (κ2) is 4.70. The molecule has 0 saturated carbocycles. The van der Waals surface area contributed by atoms with Crippen molar-refractivity contribution in [2.75, 3.05) is 13.2 Å². The Morgan fingerprint density at radius 2 is 1.87 bits per heavy atom. The van der Waals surface area contributed by atoms with Crippen molar-refractivity contribution in [3.63, 3.8) is 0 Å². The van der Waals surface area contributed by atoms with Gasteiger partial charge in [-0.3, -0.25) is 0 Å². The number of alkyl halides is 3. The van der Waals surface area contributed by atoms with Gasteiger partial charge < -0.3 is 10.1 Å². The van der Waals surface area contributed by atoms with Gasteiger partial charge >= 0.3 is 6.18 Å². The Bertz CT molecular complexity index is 199. The van der Waals surface area contributed by atoms with Crippen LogP contribution in [0.4, 0.5) is 13.2 Å². The van der Waals surface area contributed by atoms with Crippen molar-refractivity contribution in [2.24, 2.45) is 0 Å². The maximum absolute atomic E-state index is 12.1. The molecule has 15 heavy (non-hydrogen) atoms. The zero-order valence-electron chi connectivity index (χ0n) is 9.16. The molecule has 1 aliphatic heterocycles. The number of hydrogen-bond donors (Lipinski definition) is 1. The highest BCUT2D eigenvalue weighted by Crippen LogP contribution is 2.25. The van der Waals surface area contributed by atoms with Gasteiger partial charge in [-0.2, -0.15) is 13.2 Å². The maximum Gasteiger partial charge on any atom is 0.390 e. The molecule has 0 aromatic heterocycles. The largest absolute Gasteiger partial charge is 0.390 e. The van der Waals surface area contributed by atoms with Crippen molar-refractivity contribution < 1.29 is 17.9 Å². The zero-order valence-corrected chi connectivity index (χ0v) is 9.16. The second-order valence-corrected chi connectivity index (χ2v) is 4.54. The summed E-state index contributed by atoms with van der Waals surface area (Å²) in [5, 5.41) is 3.05. The Morgan fingerprint density at radius 1 is 1.33 bits per heavy atom. The van der Waals surface area contributed by atoms with E-state index in [0.717, 1.165) is 12.8 Å². The van der Waals surface area contributed by atoms with E-state index in [2.05, 4.69) is 5.32 Å². The van der Waals surface area contributed by atoms with Crippen LogP contribution in [-0.4, -0.2) is 31.0 Å². The van der Waals surface area contributed by atoms with Crippen LogP contribution in [0.1, 0.15) is 33.1 Å². The topological polar surface area (TPSA) is 21.3 Å². The lowest BCUT2D eigenvalue weighted by Crippen LogP contribution is -2.51. The van der Waals surface area contributed by atoms with Gasteiger partial charge in [0.15, 0.2) is 0 Å². The van der Waals surface area contributed by atoms with Gasteiger partial charge in [0.25, 0.3) is 0 Å². The molecule has 1 rings (SSSR count). The molecule has 0 amide bonds. The summed E-state index contributed by atoms with van der Waals surface area (Å²) in [6, 6.07) is -0.534. The van der Waals surface area contributed by atoms with Crippen LogP contribution in [0.15, 0.2) is 0 Å². The monoisotopic (exact) mass is 225 g/mol. The van der Waals surface area contributed by atoms with Crippen LogP contribution in [0.5, 0.6) is 0 Å². The molecular formula is C10H18F3NO. The fourth-order valence-electron chi connectivity index (χ4n) is 1.96. The molecule has 1 fully saturated rings. The van der Waals surface area contributed by atoms with Crippen molar-refractivity contribution in [3.8, 4) is 0 Å². The van der Waals surface area contributed by atoms with Crippen LogP contribution in [0.25, 0.3) is 0 Å². The zero-order chi connectivity index (χ0) is 11.5. The molecule has 5 heteroatoms. The highest BCUT2D eigenvalue weighted by molar-refractivity contribution is 4.88. The average Bonchev–Trinajstić information content (AvgIpc) is 1.99. The number of hydrogen-bond acceptors (Lipinski definition) is 2. The van der Waals surface area contributed by atoms with Crippen molar-refractivity contribution >= 4 is 0 Å². The first kappa shape index (κ1) is 12.8. The van der Waals surface area contributed by atoms with Gasteiger partial charge in [-0.1, -0.05) is 0 Å². The van der Waals surface area contributed by atoms with E-state index in [1.165, 1.54) is 0 Å². The van der Waals surface area contributed by atoms with E-state index in [1.807, 2.05) is 6.92 Å². The summed E-state index contributed by atoms with van der Waals surface area (Å²) in [5.41, 5.74) is -0.205. The predicted octanol–water partition coefficient (Wildman–Crippen LogP) is 2.49. The van der Waals surface area contributed by atoms with E-state index in [1.54, 1.807) is 6.92 Å². The van der Waals surface area contributed by atoms with Crippen LogP contribution < -0.4 is 5.32 Å². The third kappa shape index (κ3) is 4.84. The van der Waals surface area contributed by atoms with E-state index in [9.17, 15) is 13.2 Å². The summed E-state index contributed by atoms with van der Waals surface area (Å²) in [6.45, 7) is 4.79. The average molecular weight is 225 g/mol. The number of halogens is 3. The molecule has 1 aliphatic rings. The summed E-state index contributed by atoms with van der Waals surface area (Å²) in [5.74, 6) is 0. The molecule has 0 radical (unpaired) electrons. The fraction of sp³-hybridized carbons (Fsp3) is 1.00. The van der Waals surface area contributed by atoms with Crippen molar-refractivity contribution in [1.29, 1.82) is 0 Å². The Kier molecular flexibility index (Phi) is 4.00. The van der Waals surface area contributed by atoms with Crippen LogP contribution in [0.2, 0.25) is 0 Å². The smallest absolute Gasteiger partial charge is 0.381 e. The number of rotatable bonds is 3. The Morgan fingerprint density at radius 3 is 2.33 bits per heavy atom. The highest BCUT2D eigenvalue weighted by atomic mass is 19.4. The highest BCUT2D eigenvalue weighted by Gasteiger charge is 2.34. The molecule has 1 saturated heterocycles. The molecule has 0 aromatic rings. The van der Waals surface area contributed by atoms with Crippen LogP contribution >= 0.6 is 0 Å². The fourth-order valence-corrected chi connectivity index (χ4v) is 1.96. The minimum Gasteiger partial charge on any atom is -0.381 e. The minimum atomic E-state index is -4.09. The Labute approximate surface area is 88.2 Å². The van der Waals surface area contributed by atoms with Crippen molar-refractivity contribution in [3.05, 3.63) is 0 Å². The number of ether oxygens (including phenoxy) is 1. The first-order chi connectivity index (χ1) is 6.81. The Balaban J connectivity index is 2.38. The standard InChI is InChI=1S/C10H18F3NO/c1-8(7-10(11,12)13)14-9(2)3-5-15-6-4-9/h8,14H,3-7H2,1-2H3. The van der Waals surface area contributed by atoms with E-state index in [0.29, 0.717) is 13.2 Å². The van der Waals surface area contributed by atoms with E-state index in [-0.39, 0.29) is 5.54 Å². The summed E-state index contributed by atoms with van der Waals surface area (Å²) >= 11 is 0. The van der Waals surface area contributed by atoms with Crippen molar-refractivity contribution in [2.45, 2.75) is 50.9 Å². The molecule has 0 bridgehead atoms. The second-order valence-electron chi connectivity index (χ2n) is 4.54. The molecule has 1 heterocycles. The maximum atomic E-state index is 12.1. The van der Waals surface area contributed by atoms with E-state index < -0.39 is 18.6 Å². The lowest BCUT2D eigenvalue weighted by Gasteiger charge is -2.37. The Hall–Kier alpha value is -0.290. The van der Waals surface area contributed by atoms with Gasteiger partial charge in [0.05, 0.1) is 6.42 Å². The summed E-state index contributed by atoms with van der Waals surface area (Å²) in [4.78, 5) is 0. The number of nitrogens with one attached hydrogen (secondary N) is 1.